The first-order valence-corrected chi connectivity index (χ1v) is 9.33. The van der Waals surface area contributed by atoms with Crippen molar-refractivity contribution >= 4 is 21.4 Å². The topological polar surface area (TPSA) is 90.9 Å². The predicted octanol–water partition coefficient (Wildman–Crippen LogP) is 3.17. The fourth-order valence-electron chi connectivity index (χ4n) is 2.23. The minimum atomic E-state index is -4.49. The number of benzene rings is 1. The molecule has 0 saturated heterocycles. The van der Waals surface area contributed by atoms with E-state index in [1.54, 1.807) is 12.3 Å². The van der Waals surface area contributed by atoms with Gasteiger partial charge in [0.2, 0.25) is 15.2 Å². The van der Waals surface area contributed by atoms with Gasteiger partial charge in [-0.2, -0.15) is 5.10 Å². The molecule has 3 aromatic rings. The van der Waals surface area contributed by atoms with Gasteiger partial charge in [0.05, 0.1) is 11.4 Å². The van der Waals surface area contributed by atoms with Crippen molar-refractivity contribution in [3.05, 3.63) is 46.6 Å². The van der Waals surface area contributed by atoms with E-state index in [0.717, 1.165) is 22.1 Å². The average molecular weight is 406 g/mol. The lowest BCUT2D eigenvalue weighted by molar-refractivity contribution is 0.145. The van der Waals surface area contributed by atoms with Gasteiger partial charge in [-0.1, -0.05) is 0 Å². The summed E-state index contributed by atoms with van der Waals surface area (Å²) in [4.78, 5) is 3.05. The van der Waals surface area contributed by atoms with Crippen LogP contribution in [0.5, 0.6) is 0 Å². The summed E-state index contributed by atoms with van der Waals surface area (Å²) < 4.78 is 78.1. The molecule has 0 fully saturated rings. The fraction of sp³-hybridized carbons (Fsp3) is 0.143. The van der Waals surface area contributed by atoms with Crippen molar-refractivity contribution in [2.75, 3.05) is 0 Å². The number of aryl methyl sites for hydroxylation is 1. The molecule has 0 bridgehead atoms. The van der Waals surface area contributed by atoms with E-state index in [0.29, 0.717) is 17.8 Å². The molecule has 0 radical (unpaired) electrons. The summed E-state index contributed by atoms with van der Waals surface area (Å²) in [6, 6.07) is 1.85. The molecule has 0 spiro atoms. The van der Waals surface area contributed by atoms with Gasteiger partial charge in [-0.15, -0.1) is 11.3 Å². The largest absolute Gasteiger partial charge is 0.282 e. The second kappa shape index (κ2) is 6.45. The lowest BCUT2D eigenvalue weighted by Gasteiger charge is -2.08. The van der Waals surface area contributed by atoms with Crippen molar-refractivity contribution in [3.8, 4) is 16.4 Å². The van der Waals surface area contributed by atoms with Crippen LogP contribution in [0, 0.1) is 18.6 Å². The van der Waals surface area contributed by atoms with Crippen molar-refractivity contribution in [1.82, 2.24) is 14.8 Å². The molecule has 0 unspecified atom stereocenters. The van der Waals surface area contributed by atoms with Crippen molar-refractivity contribution in [2.24, 2.45) is 5.14 Å². The first kappa shape index (κ1) is 18.5. The average Bonchev–Trinajstić information content (AvgIpc) is 3.14. The number of aromatic nitrogens is 3. The highest BCUT2D eigenvalue weighted by molar-refractivity contribution is 7.89. The van der Waals surface area contributed by atoms with Crippen LogP contribution in [-0.2, 0) is 10.0 Å². The summed E-state index contributed by atoms with van der Waals surface area (Å²) in [5, 5.41) is 10.3. The zero-order valence-electron chi connectivity index (χ0n) is 13.0. The number of hydrogen-bond donors (Lipinski definition) is 1. The van der Waals surface area contributed by atoms with Crippen LogP contribution in [0.4, 0.5) is 17.6 Å². The molecule has 0 aliphatic heterocycles. The maximum atomic E-state index is 14.4. The Morgan fingerprint density at radius 2 is 1.88 bits per heavy atom. The molecule has 2 N–H and O–H groups in total. The number of nitrogens with zero attached hydrogens (tertiary/aromatic N) is 3. The van der Waals surface area contributed by atoms with Crippen LogP contribution in [0.3, 0.4) is 0 Å². The van der Waals surface area contributed by atoms with E-state index in [2.05, 4.69) is 10.1 Å². The van der Waals surface area contributed by atoms with Gasteiger partial charge in [0.1, 0.15) is 22.2 Å². The Kier molecular flexibility index (Phi) is 4.58. The van der Waals surface area contributed by atoms with Crippen LogP contribution in [0.2, 0.25) is 0 Å². The summed E-state index contributed by atoms with van der Waals surface area (Å²) in [5.74, 6) is -2.48. The van der Waals surface area contributed by atoms with E-state index < -0.39 is 44.2 Å². The van der Waals surface area contributed by atoms with Crippen molar-refractivity contribution in [3.63, 3.8) is 0 Å². The second-order valence-electron chi connectivity index (χ2n) is 5.25. The molecule has 0 aliphatic carbocycles. The molecular weight excluding hydrogens is 396 g/mol. The van der Waals surface area contributed by atoms with Crippen molar-refractivity contribution < 1.29 is 26.0 Å². The molecule has 0 atom stereocenters. The van der Waals surface area contributed by atoms with Crippen LogP contribution in [0.25, 0.3) is 16.4 Å². The zero-order chi connectivity index (χ0) is 19.2. The SMILES string of the molecule is Cc1csc(-n2nc(C(F)F)cc2-c2cc(F)c(S(N)(=O)=O)cc2F)n1. The van der Waals surface area contributed by atoms with E-state index in [4.69, 9.17) is 5.14 Å². The normalized spacial score (nSPS) is 12.1. The molecular formula is C14H10F4N4O2S2. The Bertz CT molecular complexity index is 1090. The van der Waals surface area contributed by atoms with Crippen LogP contribution in [-0.4, -0.2) is 23.2 Å². The number of nitrogens with two attached hydrogens (primary N) is 1. The highest BCUT2D eigenvalue weighted by Crippen LogP contribution is 2.32. The monoisotopic (exact) mass is 406 g/mol. The fourth-order valence-corrected chi connectivity index (χ4v) is 3.59. The molecule has 0 amide bonds. The molecule has 2 aromatic heterocycles. The summed E-state index contributed by atoms with van der Waals surface area (Å²) in [6.45, 7) is 1.67. The maximum absolute atomic E-state index is 14.4. The van der Waals surface area contributed by atoms with Crippen LogP contribution < -0.4 is 5.14 Å². The lowest BCUT2D eigenvalue weighted by Crippen LogP contribution is -2.14. The summed E-state index contributed by atoms with van der Waals surface area (Å²) in [7, 11) is -4.49. The van der Waals surface area contributed by atoms with Gasteiger partial charge in [0.15, 0.2) is 0 Å². The van der Waals surface area contributed by atoms with Gasteiger partial charge in [-0.05, 0) is 25.1 Å². The van der Waals surface area contributed by atoms with Crippen LogP contribution in [0.15, 0.2) is 28.5 Å². The van der Waals surface area contributed by atoms with E-state index in [-0.39, 0.29) is 10.8 Å². The van der Waals surface area contributed by atoms with Gasteiger partial charge < -0.3 is 0 Å². The first-order valence-electron chi connectivity index (χ1n) is 6.90. The molecule has 138 valence electrons. The molecule has 6 nitrogen and oxygen atoms in total. The highest BCUT2D eigenvalue weighted by Gasteiger charge is 2.24. The number of sulfonamides is 1. The van der Waals surface area contributed by atoms with Crippen LogP contribution in [0.1, 0.15) is 17.8 Å². The molecule has 0 aliphatic rings. The Morgan fingerprint density at radius 3 is 2.42 bits per heavy atom. The van der Waals surface area contributed by atoms with Gasteiger partial charge in [0.25, 0.3) is 6.43 Å². The minimum absolute atomic E-state index is 0.166. The Morgan fingerprint density at radius 1 is 1.19 bits per heavy atom. The number of rotatable bonds is 4. The van der Waals surface area contributed by atoms with E-state index in [1.807, 2.05) is 0 Å². The van der Waals surface area contributed by atoms with E-state index in [1.165, 1.54) is 0 Å². The quantitative estimate of drug-likeness (QED) is 0.674. The smallest absolute Gasteiger partial charge is 0.225 e. The Hall–Kier alpha value is -2.31. The van der Waals surface area contributed by atoms with Crippen molar-refractivity contribution in [1.29, 1.82) is 0 Å². The third-order valence-electron chi connectivity index (χ3n) is 3.34. The number of thiazole rings is 1. The van der Waals surface area contributed by atoms with E-state index in [9.17, 15) is 26.0 Å². The molecule has 3 rings (SSSR count). The Labute approximate surface area is 149 Å². The van der Waals surface area contributed by atoms with Gasteiger partial charge >= 0.3 is 0 Å². The third-order valence-corrected chi connectivity index (χ3v) is 5.20. The molecule has 26 heavy (non-hydrogen) atoms. The van der Waals surface area contributed by atoms with E-state index >= 15 is 0 Å². The maximum Gasteiger partial charge on any atom is 0.282 e. The van der Waals surface area contributed by atoms with Gasteiger partial charge in [-0.3, -0.25) is 0 Å². The Balaban J connectivity index is 2.25. The first-order chi connectivity index (χ1) is 12.1. The molecule has 1 aromatic carbocycles. The predicted molar refractivity (Wildman–Crippen MR) is 85.7 cm³/mol. The highest BCUT2D eigenvalue weighted by atomic mass is 32.2. The summed E-state index contributed by atoms with van der Waals surface area (Å²) in [6.07, 6.45) is -2.95. The minimum Gasteiger partial charge on any atom is -0.225 e. The summed E-state index contributed by atoms with van der Waals surface area (Å²) >= 11 is 1.07. The zero-order valence-corrected chi connectivity index (χ0v) is 14.6. The van der Waals surface area contributed by atoms with Crippen LogP contribution >= 0.6 is 11.3 Å². The second-order valence-corrected chi connectivity index (χ2v) is 7.61. The number of halogens is 4. The summed E-state index contributed by atoms with van der Waals surface area (Å²) in [5.41, 5.74) is -0.737. The number of hydrogen-bond acceptors (Lipinski definition) is 5. The lowest BCUT2D eigenvalue weighted by atomic mass is 10.1. The molecule has 2 heterocycles. The number of primary sulfonamides is 1. The number of alkyl halides is 2. The van der Waals surface area contributed by atoms with Crippen molar-refractivity contribution in [2.45, 2.75) is 18.2 Å². The molecule has 12 heteroatoms. The molecule has 0 saturated carbocycles. The van der Waals surface area contributed by atoms with Gasteiger partial charge in [-0.25, -0.2) is 40.8 Å². The van der Waals surface area contributed by atoms with Gasteiger partial charge in [0, 0.05) is 10.9 Å². The standard InChI is InChI=1S/C14H10F4N4O2S2/c1-6-5-25-14(20-6)22-11(4-10(21-22)13(17)18)7-2-9(16)12(3-8(7)15)26(19,23)24/h2-5,13H,1H3,(H2,19,23,24). The third kappa shape index (κ3) is 3.34.